The fourth-order valence-corrected chi connectivity index (χ4v) is 1.98. The van der Waals surface area contributed by atoms with Crippen molar-refractivity contribution in [3.63, 3.8) is 0 Å². The smallest absolute Gasteiger partial charge is 0.292 e. The molecule has 0 aliphatic carbocycles. The van der Waals surface area contributed by atoms with Crippen LogP contribution in [-0.2, 0) is 0 Å². The highest BCUT2D eigenvalue weighted by Crippen LogP contribution is 2.31. The van der Waals surface area contributed by atoms with E-state index in [1.54, 1.807) is 45.3 Å². The number of carbonyl (C=O) groups excluding carboxylic acids is 1. The Kier molecular flexibility index (Phi) is 4.11. The van der Waals surface area contributed by atoms with Crippen LogP contribution in [0.2, 0.25) is 5.02 Å². The van der Waals surface area contributed by atoms with Crippen LogP contribution in [0, 0.1) is 0 Å². The summed E-state index contributed by atoms with van der Waals surface area (Å²) in [6.07, 6.45) is -0.870. The van der Waals surface area contributed by atoms with Crippen LogP contribution in [0.1, 0.15) is 29.1 Å². The van der Waals surface area contributed by atoms with Crippen molar-refractivity contribution in [2.75, 3.05) is 14.1 Å². The summed E-state index contributed by atoms with van der Waals surface area (Å²) in [4.78, 5) is 13.4. The van der Waals surface area contributed by atoms with Gasteiger partial charge in [0.2, 0.25) is 5.76 Å². The van der Waals surface area contributed by atoms with E-state index in [1.165, 1.54) is 4.90 Å². The van der Waals surface area contributed by atoms with Gasteiger partial charge in [0.1, 0.15) is 5.69 Å². The monoisotopic (exact) mass is 294 g/mol. The molecule has 2 rings (SSSR count). The molecule has 1 N–H and O–H groups in total. The van der Waals surface area contributed by atoms with Gasteiger partial charge < -0.3 is 14.5 Å². The summed E-state index contributed by atoms with van der Waals surface area (Å²) < 4.78 is 5.13. The van der Waals surface area contributed by atoms with Crippen LogP contribution in [0.5, 0.6) is 0 Å². The number of carbonyl (C=O) groups is 1. The number of rotatable bonds is 3. The molecule has 5 nitrogen and oxygen atoms in total. The van der Waals surface area contributed by atoms with Crippen molar-refractivity contribution in [1.29, 1.82) is 0 Å². The fourth-order valence-electron chi connectivity index (χ4n) is 1.86. The third kappa shape index (κ3) is 2.69. The molecule has 106 valence electrons. The quantitative estimate of drug-likeness (QED) is 0.945. The lowest BCUT2D eigenvalue weighted by Gasteiger charge is -2.10. The number of benzene rings is 1. The molecule has 0 spiro atoms. The van der Waals surface area contributed by atoms with Crippen LogP contribution in [0.15, 0.2) is 28.8 Å². The van der Waals surface area contributed by atoms with E-state index in [4.69, 9.17) is 16.1 Å². The molecule has 1 unspecified atom stereocenters. The zero-order valence-corrected chi connectivity index (χ0v) is 12.2. The lowest BCUT2D eigenvalue weighted by atomic mass is 10.0. The molecule has 20 heavy (non-hydrogen) atoms. The maximum Gasteiger partial charge on any atom is 0.292 e. The Morgan fingerprint density at radius 3 is 2.45 bits per heavy atom. The molecule has 0 aliphatic rings. The van der Waals surface area contributed by atoms with Gasteiger partial charge in [-0.2, -0.15) is 0 Å². The summed E-state index contributed by atoms with van der Waals surface area (Å²) in [5, 5.41) is 14.4. The Bertz CT molecular complexity index is 618. The highest BCUT2D eigenvalue weighted by atomic mass is 35.5. The van der Waals surface area contributed by atoms with E-state index in [9.17, 15) is 9.90 Å². The summed E-state index contributed by atoms with van der Waals surface area (Å²) in [5.74, 6) is -0.288. The molecule has 1 atom stereocenters. The van der Waals surface area contributed by atoms with Gasteiger partial charge >= 0.3 is 0 Å². The van der Waals surface area contributed by atoms with Gasteiger partial charge in [-0.15, -0.1) is 0 Å². The van der Waals surface area contributed by atoms with Gasteiger partial charge in [-0.1, -0.05) is 28.9 Å². The number of hydrogen-bond donors (Lipinski definition) is 1. The first kappa shape index (κ1) is 14.6. The summed E-state index contributed by atoms with van der Waals surface area (Å²) in [6.45, 7) is 1.57. The lowest BCUT2D eigenvalue weighted by Crippen LogP contribution is -2.22. The highest BCUT2D eigenvalue weighted by molar-refractivity contribution is 6.30. The molecule has 0 fully saturated rings. The maximum atomic E-state index is 12.0. The molecule has 1 aromatic carbocycles. The third-order valence-electron chi connectivity index (χ3n) is 2.86. The molecule has 2 aromatic rings. The van der Waals surface area contributed by atoms with Crippen molar-refractivity contribution in [1.82, 2.24) is 10.1 Å². The second-order valence-corrected chi connectivity index (χ2v) is 5.09. The molecule has 1 aromatic heterocycles. The molecule has 1 heterocycles. The van der Waals surface area contributed by atoms with Gasteiger partial charge in [-0.25, -0.2) is 0 Å². The van der Waals surface area contributed by atoms with E-state index in [0.717, 1.165) is 5.56 Å². The van der Waals surface area contributed by atoms with Crippen molar-refractivity contribution in [2.24, 2.45) is 0 Å². The van der Waals surface area contributed by atoms with Gasteiger partial charge in [0.25, 0.3) is 5.91 Å². The minimum absolute atomic E-state index is 0.0509. The fraction of sp³-hybridized carbons (Fsp3) is 0.286. The molecule has 6 heteroatoms. The Labute approximate surface area is 121 Å². The topological polar surface area (TPSA) is 66.6 Å². The number of aliphatic hydroxyl groups excluding tert-OH is 1. The number of aromatic nitrogens is 1. The largest absolute Gasteiger partial charge is 0.388 e. The predicted molar refractivity (Wildman–Crippen MR) is 75.6 cm³/mol. The van der Waals surface area contributed by atoms with Crippen LogP contribution in [0.4, 0.5) is 0 Å². The van der Waals surface area contributed by atoms with Crippen molar-refractivity contribution in [3.05, 3.63) is 40.6 Å². The van der Waals surface area contributed by atoms with Crippen molar-refractivity contribution >= 4 is 17.5 Å². The zero-order valence-electron chi connectivity index (χ0n) is 11.4. The first-order chi connectivity index (χ1) is 9.41. The van der Waals surface area contributed by atoms with E-state index in [0.29, 0.717) is 16.3 Å². The average Bonchev–Trinajstić information content (AvgIpc) is 2.83. The lowest BCUT2D eigenvalue weighted by molar-refractivity contribution is 0.0778. The Morgan fingerprint density at radius 1 is 1.35 bits per heavy atom. The van der Waals surface area contributed by atoms with E-state index in [1.807, 2.05) is 0 Å². The summed E-state index contributed by atoms with van der Waals surface area (Å²) >= 11 is 5.84. The number of hydrogen-bond acceptors (Lipinski definition) is 4. The average molecular weight is 295 g/mol. The molecule has 0 saturated carbocycles. The Balaban J connectivity index is 2.55. The minimum atomic E-state index is -0.870. The molecule has 0 bridgehead atoms. The normalized spacial score (nSPS) is 12.2. The predicted octanol–water partition coefficient (Wildman–Crippen LogP) is 2.75. The molecular weight excluding hydrogens is 280 g/mol. The van der Waals surface area contributed by atoms with Crippen molar-refractivity contribution in [2.45, 2.75) is 13.0 Å². The molecule has 0 saturated heterocycles. The van der Waals surface area contributed by atoms with Crippen LogP contribution in [0.3, 0.4) is 0 Å². The first-order valence-corrected chi connectivity index (χ1v) is 6.45. The maximum absolute atomic E-state index is 12.0. The van der Waals surface area contributed by atoms with E-state index in [-0.39, 0.29) is 11.7 Å². The van der Waals surface area contributed by atoms with Crippen LogP contribution >= 0.6 is 11.6 Å². The van der Waals surface area contributed by atoms with E-state index in [2.05, 4.69) is 5.16 Å². The summed E-state index contributed by atoms with van der Waals surface area (Å²) in [5.41, 5.74) is 1.56. The number of aliphatic hydroxyl groups is 1. The highest BCUT2D eigenvalue weighted by Gasteiger charge is 2.27. The van der Waals surface area contributed by atoms with Crippen molar-refractivity contribution in [3.8, 4) is 11.3 Å². The first-order valence-electron chi connectivity index (χ1n) is 6.07. The molecule has 0 aliphatic heterocycles. The third-order valence-corrected chi connectivity index (χ3v) is 3.12. The SMILES string of the molecule is CC(O)c1c(-c2ccc(Cl)cc2)noc1C(=O)N(C)C. The summed E-state index contributed by atoms with van der Waals surface area (Å²) in [6, 6.07) is 6.95. The Hall–Kier alpha value is -1.85. The van der Waals surface area contributed by atoms with Crippen LogP contribution in [0.25, 0.3) is 11.3 Å². The second kappa shape index (κ2) is 5.64. The molecule has 1 amide bonds. The van der Waals surface area contributed by atoms with Gasteiger partial charge in [0.05, 0.1) is 11.7 Å². The van der Waals surface area contributed by atoms with E-state index >= 15 is 0 Å². The van der Waals surface area contributed by atoms with Gasteiger partial charge in [-0.05, 0) is 19.1 Å². The van der Waals surface area contributed by atoms with Crippen molar-refractivity contribution < 1.29 is 14.4 Å². The second-order valence-electron chi connectivity index (χ2n) is 4.66. The number of halogens is 1. The van der Waals surface area contributed by atoms with Crippen LogP contribution < -0.4 is 0 Å². The molecular formula is C14H15ClN2O3. The van der Waals surface area contributed by atoms with Gasteiger partial charge in [0, 0.05) is 24.7 Å². The minimum Gasteiger partial charge on any atom is -0.388 e. The summed E-state index contributed by atoms with van der Waals surface area (Å²) in [7, 11) is 3.22. The van der Waals surface area contributed by atoms with Crippen LogP contribution in [-0.4, -0.2) is 35.2 Å². The Morgan fingerprint density at radius 2 is 1.95 bits per heavy atom. The standard InChI is InChI=1S/C14H15ClN2O3/c1-8(18)11-12(9-4-6-10(15)7-5-9)16-20-13(11)14(19)17(2)3/h4-8,18H,1-3H3. The molecule has 0 radical (unpaired) electrons. The number of nitrogens with zero attached hydrogens (tertiary/aromatic N) is 2. The zero-order chi connectivity index (χ0) is 14.9. The van der Waals surface area contributed by atoms with Gasteiger partial charge in [-0.3, -0.25) is 4.79 Å². The van der Waals surface area contributed by atoms with E-state index < -0.39 is 6.10 Å². The van der Waals surface area contributed by atoms with Gasteiger partial charge in [0.15, 0.2) is 0 Å². The number of amides is 1.